The van der Waals surface area contributed by atoms with Gasteiger partial charge in [0, 0.05) is 42.7 Å². The fraction of sp³-hybridized carbons (Fsp3) is 0.172. The van der Waals surface area contributed by atoms with Crippen molar-refractivity contribution in [2.75, 3.05) is 20.1 Å². The van der Waals surface area contributed by atoms with Gasteiger partial charge in [-0.15, -0.1) is 0 Å². The molecule has 7 nitrogen and oxygen atoms in total. The molecule has 37 heavy (non-hydrogen) atoms. The largest absolute Gasteiger partial charge is 0.507 e. The Balaban J connectivity index is 1.39. The van der Waals surface area contributed by atoms with E-state index < -0.39 is 0 Å². The summed E-state index contributed by atoms with van der Waals surface area (Å²) in [4.78, 5) is 21.0. The average molecular weight is 512 g/mol. The second-order valence-corrected chi connectivity index (χ2v) is 10.3. The van der Waals surface area contributed by atoms with E-state index in [0.29, 0.717) is 17.7 Å². The number of phenols is 2. The Hall–Kier alpha value is -4.01. The van der Waals surface area contributed by atoms with Crippen molar-refractivity contribution in [1.82, 2.24) is 14.5 Å². The third kappa shape index (κ3) is 4.18. The number of rotatable bonds is 4. The van der Waals surface area contributed by atoms with E-state index >= 15 is 0 Å². The van der Waals surface area contributed by atoms with E-state index in [2.05, 4.69) is 9.47 Å². The third-order valence-corrected chi connectivity index (χ3v) is 7.84. The van der Waals surface area contributed by atoms with Gasteiger partial charge in [-0.3, -0.25) is 4.79 Å². The molecule has 3 aromatic carbocycles. The number of para-hydroxylation sites is 2. The van der Waals surface area contributed by atoms with Crippen LogP contribution in [-0.2, 0) is 7.05 Å². The molecule has 0 atom stereocenters. The molecular formula is C29H25N3O4S. The molecule has 0 saturated heterocycles. The maximum absolute atomic E-state index is 13.1. The van der Waals surface area contributed by atoms with E-state index in [0.717, 1.165) is 45.3 Å². The number of hydrogen-bond donors (Lipinski definition) is 2. The van der Waals surface area contributed by atoms with Crippen LogP contribution in [0.5, 0.6) is 11.5 Å². The topological polar surface area (TPSA) is 91.7 Å². The molecule has 0 radical (unpaired) electrons. The Kier molecular flexibility index (Phi) is 5.78. The number of phenolic OH excluding ortho intramolecular Hbond substituents is 2. The van der Waals surface area contributed by atoms with E-state index in [1.165, 1.54) is 12.1 Å². The molecule has 0 amide bonds. The van der Waals surface area contributed by atoms with Gasteiger partial charge in [0.1, 0.15) is 22.6 Å². The second kappa shape index (κ2) is 9.14. The number of benzene rings is 3. The van der Waals surface area contributed by atoms with Gasteiger partial charge in [-0.2, -0.15) is 0 Å². The van der Waals surface area contributed by atoms with Crippen molar-refractivity contribution in [2.24, 2.45) is 7.05 Å². The number of aryl methyl sites for hydroxylation is 1. The third-order valence-electron chi connectivity index (χ3n) is 6.79. The SMILES string of the molecule is CN1CC=C(c2c(O)cc(O)c3c(=O)cc(-c4ccc(Sc5nc6ccccc6n5C)cc4)oc23)CC1. The summed E-state index contributed by atoms with van der Waals surface area (Å²) in [7, 11) is 4.02. The molecule has 186 valence electrons. The first-order valence-electron chi connectivity index (χ1n) is 12.0. The monoisotopic (exact) mass is 511 g/mol. The number of nitrogens with zero attached hydrogens (tertiary/aromatic N) is 3. The minimum Gasteiger partial charge on any atom is -0.507 e. The smallest absolute Gasteiger partial charge is 0.197 e. The van der Waals surface area contributed by atoms with Crippen LogP contribution >= 0.6 is 11.8 Å². The van der Waals surface area contributed by atoms with E-state index in [1.54, 1.807) is 11.8 Å². The van der Waals surface area contributed by atoms with Crippen LogP contribution in [0, 0.1) is 0 Å². The summed E-state index contributed by atoms with van der Waals surface area (Å²) in [5.41, 5.74) is 3.95. The molecule has 0 saturated carbocycles. The predicted octanol–water partition coefficient (Wildman–Crippen LogP) is 5.63. The Morgan fingerprint density at radius 2 is 1.78 bits per heavy atom. The van der Waals surface area contributed by atoms with Gasteiger partial charge in [0.2, 0.25) is 0 Å². The maximum atomic E-state index is 13.1. The highest BCUT2D eigenvalue weighted by Crippen LogP contribution is 2.40. The summed E-state index contributed by atoms with van der Waals surface area (Å²) in [6.45, 7) is 1.55. The number of hydrogen-bond acceptors (Lipinski definition) is 7. The fourth-order valence-corrected chi connectivity index (χ4v) is 5.62. The molecule has 1 aliphatic rings. The first-order valence-corrected chi connectivity index (χ1v) is 12.8. The first-order chi connectivity index (χ1) is 17.9. The van der Waals surface area contributed by atoms with Crippen LogP contribution in [0.3, 0.4) is 0 Å². The molecule has 5 aromatic rings. The van der Waals surface area contributed by atoms with Crippen molar-refractivity contribution in [1.29, 1.82) is 0 Å². The molecule has 2 N–H and O–H groups in total. The van der Waals surface area contributed by atoms with Crippen LogP contribution < -0.4 is 5.43 Å². The van der Waals surface area contributed by atoms with Crippen LogP contribution in [0.2, 0.25) is 0 Å². The van der Waals surface area contributed by atoms with Crippen molar-refractivity contribution >= 4 is 39.3 Å². The van der Waals surface area contributed by atoms with Crippen LogP contribution in [0.4, 0.5) is 0 Å². The molecule has 0 fully saturated rings. The van der Waals surface area contributed by atoms with Crippen molar-refractivity contribution in [2.45, 2.75) is 16.5 Å². The van der Waals surface area contributed by atoms with Gasteiger partial charge in [0.15, 0.2) is 16.2 Å². The van der Waals surface area contributed by atoms with Crippen LogP contribution in [-0.4, -0.2) is 44.8 Å². The number of aromatic hydroxyl groups is 2. The van der Waals surface area contributed by atoms with Crippen LogP contribution in [0.1, 0.15) is 12.0 Å². The van der Waals surface area contributed by atoms with Crippen LogP contribution in [0.15, 0.2) is 86.0 Å². The minimum atomic E-state index is -0.360. The molecule has 6 rings (SSSR count). The summed E-state index contributed by atoms with van der Waals surface area (Å²) >= 11 is 1.56. The Morgan fingerprint density at radius 3 is 2.51 bits per heavy atom. The summed E-state index contributed by atoms with van der Waals surface area (Å²) in [5.74, 6) is -0.0221. The molecule has 0 bridgehead atoms. The summed E-state index contributed by atoms with van der Waals surface area (Å²) in [5, 5.41) is 22.1. The lowest BCUT2D eigenvalue weighted by Crippen LogP contribution is -2.23. The standard InChI is InChI=1S/C29H25N3O4S/c1-31-13-11-18(12-14-31)26-22(33)15-23(34)27-24(35)16-25(36-28(26)27)17-7-9-19(10-8-17)37-29-30-20-5-3-4-6-21(20)32(29)2/h3-11,15-16,33-34H,12-14H2,1-2H3. The number of fused-ring (bicyclic) bond motifs is 2. The van der Waals surface area contributed by atoms with Crippen LogP contribution in [0.25, 0.3) is 38.9 Å². The van der Waals surface area contributed by atoms with Gasteiger partial charge in [-0.25, -0.2) is 4.98 Å². The fourth-order valence-electron chi connectivity index (χ4n) is 4.76. The zero-order valence-electron chi connectivity index (χ0n) is 20.4. The van der Waals surface area contributed by atoms with E-state index in [4.69, 9.17) is 9.40 Å². The van der Waals surface area contributed by atoms with Crippen molar-refractivity contribution < 1.29 is 14.6 Å². The second-order valence-electron chi connectivity index (χ2n) is 9.28. The maximum Gasteiger partial charge on any atom is 0.197 e. The normalized spacial score (nSPS) is 14.4. The van der Waals surface area contributed by atoms with E-state index in [9.17, 15) is 15.0 Å². The van der Waals surface area contributed by atoms with Gasteiger partial charge >= 0.3 is 0 Å². The summed E-state index contributed by atoms with van der Waals surface area (Å²) < 4.78 is 8.28. The molecule has 1 aliphatic heterocycles. The first kappa shape index (κ1) is 23.4. The molecule has 2 aromatic heterocycles. The lowest BCUT2D eigenvalue weighted by atomic mass is 9.96. The quantitative estimate of drug-likeness (QED) is 0.323. The zero-order valence-corrected chi connectivity index (χ0v) is 21.2. The Bertz CT molecular complexity index is 1750. The average Bonchev–Trinajstić information content (AvgIpc) is 3.20. The van der Waals surface area contributed by atoms with Crippen molar-refractivity contribution in [3.63, 3.8) is 0 Å². The zero-order chi connectivity index (χ0) is 25.7. The summed E-state index contributed by atoms with van der Waals surface area (Å²) in [6, 6.07) is 18.3. The van der Waals surface area contributed by atoms with Crippen molar-refractivity contribution in [3.05, 3.63) is 82.5 Å². The molecule has 8 heteroatoms. The van der Waals surface area contributed by atoms with Gasteiger partial charge in [0.05, 0.1) is 16.6 Å². The minimum absolute atomic E-state index is 0.0744. The number of aromatic nitrogens is 2. The predicted molar refractivity (Wildman–Crippen MR) is 146 cm³/mol. The van der Waals surface area contributed by atoms with Gasteiger partial charge in [0.25, 0.3) is 0 Å². The molecule has 0 unspecified atom stereocenters. The summed E-state index contributed by atoms with van der Waals surface area (Å²) in [6.07, 6.45) is 2.72. The van der Waals surface area contributed by atoms with Gasteiger partial charge < -0.3 is 24.1 Å². The molecule has 3 heterocycles. The molecule has 0 spiro atoms. The van der Waals surface area contributed by atoms with Gasteiger partial charge in [-0.1, -0.05) is 42.1 Å². The lowest BCUT2D eigenvalue weighted by Gasteiger charge is -2.23. The van der Waals surface area contributed by atoms with Crippen molar-refractivity contribution in [3.8, 4) is 22.8 Å². The highest BCUT2D eigenvalue weighted by Gasteiger charge is 2.22. The molecule has 0 aliphatic carbocycles. The Morgan fingerprint density at radius 1 is 1.00 bits per heavy atom. The van der Waals surface area contributed by atoms with E-state index in [-0.39, 0.29) is 27.9 Å². The highest BCUT2D eigenvalue weighted by atomic mass is 32.2. The Labute approximate surface area is 217 Å². The number of likely N-dealkylation sites (N-methyl/N-ethyl adjacent to an activating group) is 1. The number of imidazole rings is 1. The van der Waals surface area contributed by atoms with Gasteiger partial charge in [-0.05, 0) is 43.3 Å². The highest BCUT2D eigenvalue weighted by molar-refractivity contribution is 7.99. The molecular weight excluding hydrogens is 486 g/mol. The lowest BCUT2D eigenvalue weighted by molar-refractivity contribution is 0.369. The van der Waals surface area contributed by atoms with E-state index in [1.807, 2.05) is 68.7 Å².